The van der Waals surface area contributed by atoms with Crippen LogP contribution in [0.25, 0.3) is 45.3 Å². The van der Waals surface area contributed by atoms with Crippen LogP contribution in [0.2, 0.25) is 0 Å². The van der Waals surface area contributed by atoms with Gasteiger partial charge in [0.05, 0.1) is 0 Å². The number of hydrogen-bond acceptors (Lipinski definition) is 3. The van der Waals surface area contributed by atoms with Gasteiger partial charge in [-0.1, -0.05) is 84.9 Å². The Morgan fingerprint density at radius 2 is 0.875 bits per heavy atom. The minimum Gasteiger partial charge on any atom is -0.208 e. The first kappa shape index (κ1) is 19.7. The number of benzene rings is 4. The van der Waals surface area contributed by atoms with E-state index in [4.69, 9.17) is 0 Å². The topological polar surface area (TPSA) is 38.7 Å². The van der Waals surface area contributed by atoms with Gasteiger partial charge in [0.2, 0.25) is 0 Å². The molecule has 0 spiro atoms. The lowest BCUT2D eigenvalue weighted by atomic mass is 10.0. The zero-order valence-corrected chi connectivity index (χ0v) is 16.9. The molecule has 154 valence electrons. The lowest BCUT2D eigenvalue weighted by Crippen LogP contribution is -2.00. The molecule has 32 heavy (non-hydrogen) atoms. The van der Waals surface area contributed by atoms with Gasteiger partial charge in [-0.25, -0.2) is 23.7 Å². The maximum Gasteiger partial charge on any atom is 0.164 e. The van der Waals surface area contributed by atoms with Crippen molar-refractivity contribution in [3.8, 4) is 45.3 Å². The Morgan fingerprint density at radius 1 is 0.438 bits per heavy atom. The fraction of sp³-hybridized carbons (Fsp3) is 0. The zero-order valence-electron chi connectivity index (χ0n) is 16.9. The number of aromatic nitrogens is 3. The van der Waals surface area contributed by atoms with Crippen molar-refractivity contribution in [2.24, 2.45) is 0 Å². The highest BCUT2D eigenvalue weighted by molar-refractivity contribution is 5.70. The van der Waals surface area contributed by atoms with E-state index in [1.165, 1.54) is 6.07 Å². The van der Waals surface area contributed by atoms with E-state index < -0.39 is 11.6 Å². The van der Waals surface area contributed by atoms with Crippen LogP contribution in [-0.4, -0.2) is 15.0 Å². The maximum absolute atomic E-state index is 14.2. The standard InChI is InChI=1S/C27H17F2N3/c28-22-15-16-24(29)23(17-22)18-11-13-21(14-12-18)27-31-25(19-7-3-1-4-8-19)30-26(32-27)20-9-5-2-6-10-20/h1-17H. The lowest BCUT2D eigenvalue weighted by Gasteiger charge is -2.09. The van der Waals surface area contributed by atoms with Crippen molar-refractivity contribution in [2.45, 2.75) is 0 Å². The average Bonchev–Trinajstić information content (AvgIpc) is 2.86. The summed E-state index contributed by atoms with van der Waals surface area (Å²) >= 11 is 0. The van der Waals surface area contributed by atoms with Gasteiger partial charge >= 0.3 is 0 Å². The molecule has 0 N–H and O–H groups in total. The van der Waals surface area contributed by atoms with Crippen LogP contribution >= 0.6 is 0 Å². The van der Waals surface area contributed by atoms with Crippen LogP contribution in [0.15, 0.2) is 103 Å². The molecule has 0 unspecified atom stereocenters. The first-order chi connectivity index (χ1) is 15.7. The first-order valence-corrected chi connectivity index (χ1v) is 10.1. The molecule has 0 aliphatic rings. The van der Waals surface area contributed by atoms with Crippen molar-refractivity contribution >= 4 is 0 Å². The van der Waals surface area contributed by atoms with Crippen LogP contribution < -0.4 is 0 Å². The third-order valence-electron chi connectivity index (χ3n) is 5.08. The summed E-state index contributed by atoms with van der Waals surface area (Å²) in [5.74, 6) is 0.674. The van der Waals surface area contributed by atoms with Crippen LogP contribution in [0.4, 0.5) is 8.78 Å². The zero-order chi connectivity index (χ0) is 21.9. The van der Waals surface area contributed by atoms with Crippen LogP contribution in [0.3, 0.4) is 0 Å². The predicted molar refractivity (Wildman–Crippen MR) is 121 cm³/mol. The number of rotatable bonds is 4. The lowest BCUT2D eigenvalue weighted by molar-refractivity contribution is 0.603. The SMILES string of the molecule is Fc1ccc(F)c(-c2ccc(-c3nc(-c4ccccc4)nc(-c4ccccc4)n3)cc2)c1. The summed E-state index contributed by atoms with van der Waals surface area (Å²) in [4.78, 5) is 14.0. The molecule has 0 aliphatic heterocycles. The monoisotopic (exact) mass is 421 g/mol. The summed E-state index contributed by atoms with van der Waals surface area (Å²) in [5.41, 5.74) is 3.30. The second-order valence-corrected chi connectivity index (χ2v) is 7.24. The molecule has 0 fully saturated rings. The van der Waals surface area contributed by atoms with E-state index in [0.29, 0.717) is 23.0 Å². The first-order valence-electron chi connectivity index (χ1n) is 10.1. The van der Waals surface area contributed by atoms with Gasteiger partial charge in [0.1, 0.15) is 11.6 Å². The minimum atomic E-state index is -0.483. The summed E-state index contributed by atoms with van der Waals surface area (Å²) in [7, 11) is 0. The van der Waals surface area contributed by atoms with E-state index in [1.54, 1.807) is 24.3 Å². The van der Waals surface area contributed by atoms with Crippen LogP contribution in [0.1, 0.15) is 0 Å². The van der Waals surface area contributed by atoms with E-state index in [9.17, 15) is 8.78 Å². The summed E-state index contributed by atoms with van der Waals surface area (Å²) in [5, 5.41) is 0. The molecule has 0 atom stereocenters. The van der Waals surface area contributed by atoms with E-state index in [-0.39, 0.29) is 5.56 Å². The average molecular weight is 421 g/mol. The Labute approximate surface area is 184 Å². The smallest absolute Gasteiger partial charge is 0.164 e. The molecule has 3 nitrogen and oxygen atoms in total. The van der Waals surface area contributed by atoms with Gasteiger partial charge in [-0.05, 0) is 23.8 Å². The van der Waals surface area contributed by atoms with Crippen molar-refractivity contribution in [1.82, 2.24) is 15.0 Å². The maximum atomic E-state index is 14.2. The predicted octanol–water partition coefficient (Wildman–Crippen LogP) is 6.82. The Balaban J connectivity index is 1.60. The van der Waals surface area contributed by atoms with Gasteiger partial charge in [-0.3, -0.25) is 0 Å². The highest BCUT2D eigenvalue weighted by atomic mass is 19.1. The third-order valence-corrected chi connectivity index (χ3v) is 5.08. The normalized spacial score (nSPS) is 10.8. The van der Waals surface area contributed by atoms with Crippen LogP contribution in [-0.2, 0) is 0 Å². The molecule has 5 rings (SSSR count). The number of halogens is 2. The third kappa shape index (κ3) is 4.01. The van der Waals surface area contributed by atoms with Gasteiger partial charge < -0.3 is 0 Å². The molecule has 4 aromatic carbocycles. The van der Waals surface area contributed by atoms with E-state index >= 15 is 0 Å². The molecule has 0 saturated heterocycles. The molecular weight excluding hydrogens is 404 g/mol. The van der Waals surface area contributed by atoms with Gasteiger partial charge in [0.25, 0.3) is 0 Å². The number of nitrogens with zero attached hydrogens (tertiary/aromatic N) is 3. The van der Waals surface area contributed by atoms with Gasteiger partial charge in [-0.2, -0.15) is 0 Å². The molecule has 0 amide bonds. The fourth-order valence-corrected chi connectivity index (χ4v) is 3.46. The van der Waals surface area contributed by atoms with Crippen molar-refractivity contribution < 1.29 is 8.78 Å². The highest BCUT2D eigenvalue weighted by Crippen LogP contribution is 2.28. The molecule has 0 radical (unpaired) electrons. The second-order valence-electron chi connectivity index (χ2n) is 7.24. The van der Waals surface area contributed by atoms with Crippen LogP contribution in [0, 0.1) is 11.6 Å². The van der Waals surface area contributed by atoms with Crippen molar-refractivity contribution in [2.75, 3.05) is 0 Å². The Hall–Kier alpha value is -4.25. The van der Waals surface area contributed by atoms with E-state index in [2.05, 4.69) is 15.0 Å². The van der Waals surface area contributed by atoms with Crippen LogP contribution in [0.5, 0.6) is 0 Å². The molecule has 0 bridgehead atoms. The highest BCUT2D eigenvalue weighted by Gasteiger charge is 2.13. The van der Waals surface area contributed by atoms with Gasteiger partial charge in [0, 0.05) is 22.3 Å². The summed E-state index contributed by atoms with van der Waals surface area (Å²) < 4.78 is 27.8. The minimum absolute atomic E-state index is 0.210. The Kier molecular flexibility index (Phi) is 5.22. The summed E-state index contributed by atoms with van der Waals surface area (Å²) in [6, 6.07) is 29.9. The molecule has 1 heterocycles. The van der Waals surface area contributed by atoms with Crippen molar-refractivity contribution in [1.29, 1.82) is 0 Å². The molecule has 5 heteroatoms. The van der Waals surface area contributed by atoms with Crippen molar-refractivity contribution in [3.05, 3.63) is 115 Å². The molecule has 1 aromatic heterocycles. The van der Waals surface area contributed by atoms with Gasteiger partial charge in [0.15, 0.2) is 17.5 Å². The Morgan fingerprint density at radius 3 is 1.38 bits per heavy atom. The summed E-state index contributed by atoms with van der Waals surface area (Å²) in [6.07, 6.45) is 0. The summed E-state index contributed by atoms with van der Waals surface area (Å²) in [6.45, 7) is 0. The van der Waals surface area contributed by atoms with E-state index in [1.807, 2.05) is 60.7 Å². The fourth-order valence-electron chi connectivity index (χ4n) is 3.46. The number of hydrogen-bond donors (Lipinski definition) is 0. The molecule has 0 aliphatic carbocycles. The van der Waals surface area contributed by atoms with Gasteiger partial charge in [-0.15, -0.1) is 0 Å². The van der Waals surface area contributed by atoms with Crippen molar-refractivity contribution in [3.63, 3.8) is 0 Å². The quantitative estimate of drug-likeness (QED) is 0.320. The molecular formula is C27H17F2N3. The second kappa shape index (κ2) is 8.47. The Bertz CT molecular complexity index is 1310. The van der Waals surface area contributed by atoms with E-state index in [0.717, 1.165) is 28.8 Å². The largest absolute Gasteiger partial charge is 0.208 e. The molecule has 5 aromatic rings. The molecule has 0 saturated carbocycles.